The molecule has 1 aromatic heterocycles. The molecule has 0 saturated carbocycles. The quantitative estimate of drug-likeness (QED) is 0.748. The largest absolute Gasteiger partial charge is 0.460 e. The highest BCUT2D eigenvalue weighted by atomic mass is 16.3. The zero-order chi connectivity index (χ0) is 9.80. The van der Waals surface area contributed by atoms with E-state index in [1.54, 1.807) is 0 Å². The summed E-state index contributed by atoms with van der Waals surface area (Å²) >= 11 is 0. The number of para-hydroxylation sites is 1. The van der Waals surface area contributed by atoms with Crippen LogP contribution in [0.3, 0.4) is 0 Å². The van der Waals surface area contributed by atoms with Crippen LogP contribution < -0.4 is 5.32 Å². The van der Waals surface area contributed by atoms with Crippen LogP contribution in [0.4, 0.5) is 0 Å². The van der Waals surface area contributed by atoms with Crippen molar-refractivity contribution in [2.75, 3.05) is 6.54 Å². The van der Waals surface area contributed by atoms with Crippen molar-refractivity contribution in [2.24, 2.45) is 0 Å². The van der Waals surface area contributed by atoms with E-state index in [-0.39, 0.29) is 0 Å². The van der Waals surface area contributed by atoms with E-state index in [2.05, 4.69) is 24.4 Å². The number of furan rings is 1. The molecule has 2 rings (SSSR count). The zero-order valence-electron chi connectivity index (χ0n) is 8.42. The predicted octanol–water partition coefficient (Wildman–Crippen LogP) is 2.93. The van der Waals surface area contributed by atoms with Crippen molar-refractivity contribution in [3.8, 4) is 0 Å². The molecular weight excluding hydrogens is 174 g/mol. The van der Waals surface area contributed by atoms with Crippen LogP contribution in [0.1, 0.15) is 19.1 Å². The van der Waals surface area contributed by atoms with Crippen molar-refractivity contribution in [3.05, 3.63) is 36.1 Å². The average molecular weight is 189 g/mol. The Morgan fingerprint density at radius 2 is 2.14 bits per heavy atom. The minimum Gasteiger partial charge on any atom is -0.460 e. The summed E-state index contributed by atoms with van der Waals surface area (Å²) in [6.45, 7) is 4.02. The summed E-state index contributed by atoms with van der Waals surface area (Å²) in [5.41, 5.74) is 0.973. The molecule has 0 aliphatic carbocycles. The van der Waals surface area contributed by atoms with Gasteiger partial charge in [-0.3, -0.25) is 0 Å². The Bertz CT molecular complexity index is 372. The molecule has 0 saturated heterocycles. The average Bonchev–Trinajstić information content (AvgIpc) is 2.60. The molecule has 0 fully saturated rings. The zero-order valence-corrected chi connectivity index (χ0v) is 8.42. The van der Waals surface area contributed by atoms with Gasteiger partial charge in [-0.1, -0.05) is 25.1 Å². The maximum Gasteiger partial charge on any atom is 0.134 e. The second-order valence-electron chi connectivity index (χ2n) is 3.43. The molecule has 0 bridgehead atoms. The standard InChI is InChI=1S/C12H15NO/c1-2-7-13-9-11-8-10-5-3-4-6-12(10)14-11/h3-6,8,13H,2,7,9H2,1H3. The summed E-state index contributed by atoms with van der Waals surface area (Å²) in [5, 5.41) is 4.50. The van der Waals surface area contributed by atoms with Gasteiger partial charge in [0.05, 0.1) is 6.54 Å². The maximum atomic E-state index is 5.65. The highest BCUT2D eigenvalue weighted by Crippen LogP contribution is 2.18. The van der Waals surface area contributed by atoms with E-state index in [1.807, 2.05) is 18.2 Å². The van der Waals surface area contributed by atoms with E-state index >= 15 is 0 Å². The molecule has 1 aromatic carbocycles. The molecule has 0 spiro atoms. The van der Waals surface area contributed by atoms with Gasteiger partial charge in [0.25, 0.3) is 0 Å². The Morgan fingerprint density at radius 1 is 1.29 bits per heavy atom. The highest BCUT2D eigenvalue weighted by molar-refractivity contribution is 5.77. The lowest BCUT2D eigenvalue weighted by molar-refractivity contribution is 0.513. The smallest absolute Gasteiger partial charge is 0.134 e. The van der Waals surface area contributed by atoms with Crippen molar-refractivity contribution >= 4 is 11.0 Å². The van der Waals surface area contributed by atoms with Crippen LogP contribution in [0.2, 0.25) is 0 Å². The molecule has 0 atom stereocenters. The summed E-state index contributed by atoms with van der Waals surface area (Å²) in [6.07, 6.45) is 1.15. The number of hydrogen-bond acceptors (Lipinski definition) is 2. The van der Waals surface area contributed by atoms with Gasteiger partial charge in [-0.15, -0.1) is 0 Å². The molecule has 0 aliphatic rings. The van der Waals surface area contributed by atoms with Crippen LogP contribution in [-0.4, -0.2) is 6.54 Å². The van der Waals surface area contributed by atoms with Gasteiger partial charge < -0.3 is 9.73 Å². The summed E-state index contributed by atoms with van der Waals surface area (Å²) < 4.78 is 5.65. The summed E-state index contributed by atoms with van der Waals surface area (Å²) in [5.74, 6) is 1.01. The minimum absolute atomic E-state index is 0.822. The van der Waals surface area contributed by atoms with Crippen LogP contribution in [0.5, 0.6) is 0 Å². The third-order valence-electron chi connectivity index (χ3n) is 2.20. The van der Waals surface area contributed by atoms with Crippen LogP contribution in [-0.2, 0) is 6.54 Å². The first-order chi connectivity index (χ1) is 6.90. The number of benzene rings is 1. The number of rotatable bonds is 4. The Balaban J connectivity index is 2.11. The molecule has 14 heavy (non-hydrogen) atoms. The second kappa shape index (κ2) is 4.29. The lowest BCUT2D eigenvalue weighted by Crippen LogP contribution is -2.12. The van der Waals surface area contributed by atoms with Gasteiger partial charge in [0.15, 0.2) is 0 Å². The fraction of sp³-hybridized carbons (Fsp3) is 0.333. The second-order valence-corrected chi connectivity index (χ2v) is 3.43. The normalized spacial score (nSPS) is 10.9. The highest BCUT2D eigenvalue weighted by Gasteiger charge is 2.01. The van der Waals surface area contributed by atoms with Crippen molar-refractivity contribution in [1.29, 1.82) is 0 Å². The molecule has 74 valence electrons. The molecular formula is C12H15NO. The lowest BCUT2D eigenvalue weighted by Gasteiger charge is -1.97. The van der Waals surface area contributed by atoms with Crippen LogP contribution in [0, 0.1) is 0 Å². The fourth-order valence-electron chi connectivity index (χ4n) is 1.51. The molecule has 2 nitrogen and oxygen atoms in total. The Hall–Kier alpha value is -1.28. The van der Waals surface area contributed by atoms with Crippen molar-refractivity contribution < 1.29 is 4.42 Å². The van der Waals surface area contributed by atoms with E-state index < -0.39 is 0 Å². The molecule has 0 unspecified atom stereocenters. The van der Waals surface area contributed by atoms with Gasteiger partial charge >= 0.3 is 0 Å². The molecule has 1 heterocycles. The summed E-state index contributed by atoms with van der Waals surface area (Å²) in [6, 6.07) is 10.2. The van der Waals surface area contributed by atoms with E-state index in [0.717, 1.165) is 30.9 Å². The molecule has 0 amide bonds. The van der Waals surface area contributed by atoms with Crippen LogP contribution >= 0.6 is 0 Å². The van der Waals surface area contributed by atoms with E-state index in [9.17, 15) is 0 Å². The van der Waals surface area contributed by atoms with Gasteiger partial charge in [-0.25, -0.2) is 0 Å². The first kappa shape index (κ1) is 9.28. The lowest BCUT2D eigenvalue weighted by atomic mass is 10.2. The van der Waals surface area contributed by atoms with Crippen LogP contribution in [0.15, 0.2) is 34.7 Å². The van der Waals surface area contributed by atoms with E-state index in [1.165, 1.54) is 5.39 Å². The minimum atomic E-state index is 0.822. The van der Waals surface area contributed by atoms with E-state index in [0.29, 0.717) is 0 Å². The van der Waals surface area contributed by atoms with E-state index in [4.69, 9.17) is 4.42 Å². The molecule has 0 aliphatic heterocycles. The third kappa shape index (κ3) is 1.96. The first-order valence-electron chi connectivity index (χ1n) is 5.08. The third-order valence-corrected chi connectivity index (χ3v) is 2.20. The number of nitrogens with one attached hydrogen (secondary N) is 1. The number of fused-ring (bicyclic) bond motifs is 1. The Kier molecular flexibility index (Phi) is 2.84. The van der Waals surface area contributed by atoms with Crippen molar-refractivity contribution in [2.45, 2.75) is 19.9 Å². The van der Waals surface area contributed by atoms with Gasteiger partial charge in [-0.05, 0) is 25.1 Å². The van der Waals surface area contributed by atoms with Gasteiger partial charge in [0.1, 0.15) is 11.3 Å². The van der Waals surface area contributed by atoms with Gasteiger partial charge in [0, 0.05) is 5.39 Å². The maximum absolute atomic E-state index is 5.65. The topological polar surface area (TPSA) is 25.2 Å². The summed E-state index contributed by atoms with van der Waals surface area (Å²) in [4.78, 5) is 0. The molecule has 2 aromatic rings. The monoisotopic (exact) mass is 189 g/mol. The molecule has 1 N–H and O–H groups in total. The molecule has 0 radical (unpaired) electrons. The first-order valence-corrected chi connectivity index (χ1v) is 5.08. The van der Waals surface area contributed by atoms with Gasteiger partial charge in [0.2, 0.25) is 0 Å². The fourth-order valence-corrected chi connectivity index (χ4v) is 1.51. The van der Waals surface area contributed by atoms with Crippen LogP contribution in [0.25, 0.3) is 11.0 Å². The predicted molar refractivity (Wildman–Crippen MR) is 58.2 cm³/mol. The molecule has 2 heteroatoms. The SMILES string of the molecule is CCCNCc1cc2ccccc2o1. The van der Waals surface area contributed by atoms with Crippen molar-refractivity contribution in [3.63, 3.8) is 0 Å². The number of hydrogen-bond donors (Lipinski definition) is 1. The summed E-state index contributed by atoms with van der Waals surface area (Å²) in [7, 11) is 0. The Labute approximate surface area is 83.9 Å². The Morgan fingerprint density at radius 3 is 2.93 bits per heavy atom. The van der Waals surface area contributed by atoms with Gasteiger partial charge in [-0.2, -0.15) is 0 Å². The van der Waals surface area contributed by atoms with Crippen molar-refractivity contribution in [1.82, 2.24) is 5.32 Å².